The molecule has 0 spiro atoms. The summed E-state index contributed by atoms with van der Waals surface area (Å²) in [6, 6.07) is 47.9. The molecule has 0 aromatic heterocycles. The fraction of sp³-hybridized carbons (Fsp3) is 0.404. The van der Waals surface area contributed by atoms with E-state index in [1.54, 1.807) is 38.1 Å². The number of carboxylic acids is 1. The SMILES string of the molecule is CC(CC(O)C(O)CC(C)c1ccccc1)c1ccccc1.CC(CC1OC(c2ccc(OCC(=O)O)cc2)(C(C)(C)O)OC1CC(C)c1ccccc1)c1ccccc1.[H+]. The fourth-order valence-electron chi connectivity index (χ4n) is 8.11. The van der Waals surface area contributed by atoms with Crippen molar-refractivity contribution in [3.05, 3.63) is 173 Å². The summed E-state index contributed by atoms with van der Waals surface area (Å²) in [5.74, 6) is -1.11. The summed E-state index contributed by atoms with van der Waals surface area (Å²) in [5, 5.41) is 41.0. The van der Waals surface area contributed by atoms with Crippen LogP contribution in [0.2, 0.25) is 0 Å². The first-order chi connectivity index (χ1) is 28.7. The molecule has 0 saturated carbocycles. The Bertz CT molecular complexity index is 1880. The average Bonchev–Trinajstić information content (AvgIpc) is 3.63. The molecule has 1 saturated heterocycles. The fourth-order valence-corrected chi connectivity index (χ4v) is 8.11. The van der Waals surface area contributed by atoms with E-state index in [1.165, 1.54) is 22.3 Å². The van der Waals surface area contributed by atoms with Gasteiger partial charge in [-0.05, 0) is 110 Å². The Hall–Kier alpha value is -4.83. The molecular formula is C52H65O8+. The number of aliphatic hydroxyl groups excluding tert-OH is 2. The van der Waals surface area contributed by atoms with Crippen LogP contribution in [0.4, 0.5) is 0 Å². The number of hydrogen-bond acceptors (Lipinski definition) is 7. The Kier molecular flexibility index (Phi) is 16.7. The normalized spacial score (nSPS) is 20.8. The van der Waals surface area contributed by atoms with Crippen LogP contribution in [-0.2, 0) is 20.1 Å². The zero-order valence-electron chi connectivity index (χ0n) is 36.9. The highest BCUT2D eigenvalue weighted by Crippen LogP contribution is 2.49. The number of benzene rings is 5. The molecule has 1 aliphatic heterocycles. The molecule has 8 heteroatoms. The maximum atomic E-state index is 11.4. The van der Waals surface area contributed by atoms with E-state index in [0.29, 0.717) is 24.2 Å². The van der Waals surface area contributed by atoms with Gasteiger partial charge in [0.2, 0.25) is 5.79 Å². The van der Waals surface area contributed by atoms with Crippen molar-refractivity contribution < 1.29 is 40.9 Å². The molecule has 0 aliphatic carbocycles. The van der Waals surface area contributed by atoms with Crippen LogP contribution in [0.5, 0.6) is 5.75 Å². The first-order valence-corrected chi connectivity index (χ1v) is 21.3. The van der Waals surface area contributed by atoms with Gasteiger partial charge in [-0.15, -0.1) is 0 Å². The van der Waals surface area contributed by atoms with E-state index >= 15 is 0 Å². The Balaban J connectivity index is 0.000000304. The molecule has 8 nitrogen and oxygen atoms in total. The van der Waals surface area contributed by atoms with Crippen molar-refractivity contribution in [1.82, 2.24) is 0 Å². The third kappa shape index (κ3) is 12.6. The predicted molar refractivity (Wildman–Crippen MR) is 238 cm³/mol. The Labute approximate surface area is 358 Å². The van der Waals surface area contributed by atoms with Crippen LogP contribution < -0.4 is 4.74 Å². The minimum Gasteiger partial charge on any atom is -0.482 e. The van der Waals surface area contributed by atoms with Crippen LogP contribution in [0.3, 0.4) is 0 Å². The highest BCUT2D eigenvalue weighted by Gasteiger charge is 2.57. The van der Waals surface area contributed by atoms with Gasteiger partial charge in [0.05, 0.1) is 24.4 Å². The van der Waals surface area contributed by atoms with E-state index < -0.39 is 36.2 Å². The lowest BCUT2D eigenvalue weighted by Gasteiger charge is -2.39. The largest absolute Gasteiger partial charge is 1.00 e. The average molecular weight is 818 g/mol. The maximum Gasteiger partial charge on any atom is 1.00 e. The third-order valence-corrected chi connectivity index (χ3v) is 11.7. The summed E-state index contributed by atoms with van der Waals surface area (Å²) in [6.45, 7) is 11.5. The van der Waals surface area contributed by atoms with E-state index in [4.69, 9.17) is 19.3 Å². The highest BCUT2D eigenvalue weighted by atomic mass is 16.8. The zero-order valence-corrected chi connectivity index (χ0v) is 35.9. The van der Waals surface area contributed by atoms with Crippen LogP contribution in [0.25, 0.3) is 0 Å². The van der Waals surface area contributed by atoms with E-state index in [2.05, 4.69) is 76.2 Å². The lowest BCUT2D eigenvalue weighted by atomic mass is 9.88. The van der Waals surface area contributed by atoms with Gasteiger partial charge in [-0.3, -0.25) is 0 Å². The van der Waals surface area contributed by atoms with Crippen molar-refractivity contribution in [2.24, 2.45) is 0 Å². The number of rotatable bonds is 18. The van der Waals surface area contributed by atoms with Crippen molar-refractivity contribution in [1.29, 1.82) is 0 Å². The molecule has 320 valence electrons. The Morgan fingerprint density at radius 2 is 0.933 bits per heavy atom. The first-order valence-electron chi connectivity index (χ1n) is 21.3. The molecule has 0 bridgehead atoms. The molecule has 1 heterocycles. The summed E-state index contributed by atoms with van der Waals surface area (Å²) >= 11 is 0. The molecule has 8 unspecified atom stereocenters. The van der Waals surface area contributed by atoms with Gasteiger partial charge in [0.15, 0.2) is 6.61 Å². The second-order valence-electron chi connectivity index (χ2n) is 17.0. The van der Waals surface area contributed by atoms with E-state index in [0.717, 1.165) is 12.8 Å². The van der Waals surface area contributed by atoms with Crippen LogP contribution in [0.15, 0.2) is 146 Å². The second kappa shape index (κ2) is 21.6. The smallest absolute Gasteiger partial charge is 0.482 e. The van der Waals surface area contributed by atoms with Crippen LogP contribution in [-0.4, -0.2) is 63.0 Å². The van der Waals surface area contributed by atoms with Crippen LogP contribution >= 0.6 is 0 Å². The molecule has 1 fully saturated rings. The number of ether oxygens (including phenoxy) is 3. The predicted octanol–water partition coefficient (Wildman–Crippen LogP) is 10.5. The van der Waals surface area contributed by atoms with E-state index in [1.807, 2.05) is 72.8 Å². The van der Waals surface area contributed by atoms with Gasteiger partial charge in [0.1, 0.15) is 11.4 Å². The molecule has 5 aromatic carbocycles. The van der Waals surface area contributed by atoms with Gasteiger partial charge in [-0.2, -0.15) is 0 Å². The molecule has 0 amide bonds. The lowest BCUT2D eigenvalue weighted by molar-refractivity contribution is -0.279. The third-order valence-electron chi connectivity index (χ3n) is 11.7. The maximum absolute atomic E-state index is 11.4. The van der Waals surface area contributed by atoms with Gasteiger partial charge in [-0.25, -0.2) is 4.79 Å². The van der Waals surface area contributed by atoms with Crippen molar-refractivity contribution in [2.75, 3.05) is 6.61 Å². The number of carbonyl (C=O) groups is 1. The monoisotopic (exact) mass is 817 g/mol. The number of hydrogen-bond donors (Lipinski definition) is 4. The number of aliphatic hydroxyl groups is 3. The van der Waals surface area contributed by atoms with Gasteiger partial charge in [0.25, 0.3) is 0 Å². The summed E-state index contributed by atoms with van der Waals surface area (Å²) in [4.78, 5) is 10.9. The van der Waals surface area contributed by atoms with E-state index in [-0.39, 0.29) is 37.3 Å². The van der Waals surface area contributed by atoms with Gasteiger partial charge in [0, 0.05) is 5.56 Å². The van der Waals surface area contributed by atoms with Gasteiger partial charge < -0.3 is 34.6 Å². The molecule has 60 heavy (non-hydrogen) atoms. The molecule has 5 aromatic rings. The highest BCUT2D eigenvalue weighted by molar-refractivity contribution is 5.68. The molecule has 0 radical (unpaired) electrons. The summed E-state index contributed by atoms with van der Waals surface area (Å²) < 4.78 is 18.8. The minimum atomic E-state index is -1.40. The van der Waals surface area contributed by atoms with Crippen LogP contribution in [0, 0.1) is 0 Å². The number of aliphatic carboxylic acids is 1. The van der Waals surface area contributed by atoms with Crippen LogP contribution in [0.1, 0.15) is 120 Å². The van der Waals surface area contributed by atoms with Crippen molar-refractivity contribution in [3.63, 3.8) is 0 Å². The minimum absolute atomic E-state index is 0. The second-order valence-corrected chi connectivity index (χ2v) is 17.0. The first kappa shape index (κ1) is 46.2. The van der Waals surface area contributed by atoms with Gasteiger partial charge >= 0.3 is 7.40 Å². The molecule has 8 atom stereocenters. The topological polar surface area (TPSA) is 126 Å². The lowest BCUT2D eigenvalue weighted by Crippen LogP contribution is -2.49. The zero-order chi connectivity index (χ0) is 43.3. The molecule has 1 aliphatic rings. The molecule has 4 N–H and O–H groups in total. The van der Waals surface area contributed by atoms with E-state index in [9.17, 15) is 20.1 Å². The number of carboxylic acid groups (broad SMARTS) is 1. The molecular weight excluding hydrogens is 753 g/mol. The Morgan fingerprint density at radius 3 is 1.25 bits per heavy atom. The standard InChI is InChI=1S/C32H38O6.C20H26O2/c1-22(24-11-7-5-8-12-24)19-28-29(20-23(2)25-13-9-6-10-14-25)38-32(37-28,31(3,4)35)26-15-17-27(18-16-26)36-21-30(33)34;1-15(17-9-5-3-6-10-17)13-19(21)20(22)14-16(2)18-11-7-4-8-12-18/h5-18,22-23,28-29,35H,19-21H2,1-4H3,(H,33,34);3-12,15-16,19-22H,13-14H2,1-2H3/p+1. The summed E-state index contributed by atoms with van der Waals surface area (Å²) in [5.41, 5.74) is 4.14. The van der Waals surface area contributed by atoms with Crippen molar-refractivity contribution in [2.45, 2.75) is 127 Å². The molecule has 6 rings (SSSR count). The summed E-state index contributed by atoms with van der Waals surface area (Å²) in [6.07, 6.45) is 0.709. The van der Waals surface area contributed by atoms with Gasteiger partial charge in [-0.1, -0.05) is 149 Å². The quantitative estimate of drug-likeness (QED) is 0.0689. The van der Waals surface area contributed by atoms with Crippen molar-refractivity contribution in [3.8, 4) is 5.75 Å². The summed E-state index contributed by atoms with van der Waals surface area (Å²) in [7, 11) is 0. The van der Waals surface area contributed by atoms with Crippen molar-refractivity contribution >= 4 is 5.97 Å². The Morgan fingerprint density at radius 1 is 0.600 bits per heavy atom.